The molecule has 0 atom stereocenters. The first-order chi connectivity index (χ1) is 17.1. The molecule has 1 aliphatic heterocycles. The maximum Gasteiger partial charge on any atom is 0.137 e. The molecule has 0 radical (unpaired) electrons. The molecule has 35 heavy (non-hydrogen) atoms. The second-order valence-electron chi connectivity index (χ2n) is 9.03. The van der Waals surface area contributed by atoms with Crippen LogP contribution in [0.2, 0.25) is 0 Å². The highest BCUT2D eigenvalue weighted by atomic mass is 19.1. The monoisotopic (exact) mass is 474 g/mol. The van der Waals surface area contributed by atoms with Crippen LogP contribution in [0.3, 0.4) is 0 Å². The van der Waals surface area contributed by atoms with Crippen molar-refractivity contribution in [1.82, 2.24) is 19.6 Å². The van der Waals surface area contributed by atoms with Crippen molar-refractivity contribution in [3.63, 3.8) is 0 Å². The third-order valence-corrected chi connectivity index (χ3v) is 6.86. The molecule has 4 rings (SSSR count). The smallest absolute Gasteiger partial charge is 0.137 e. The molecule has 0 unspecified atom stereocenters. The van der Waals surface area contributed by atoms with E-state index in [-0.39, 0.29) is 5.82 Å². The van der Waals surface area contributed by atoms with Crippen LogP contribution in [0.4, 0.5) is 10.2 Å². The van der Waals surface area contributed by atoms with Crippen molar-refractivity contribution >= 4 is 5.82 Å². The number of rotatable bonds is 9. The van der Waals surface area contributed by atoms with Gasteiger partial charge in [0.05, 0.1) is 23.0 Å². The zero-order valence-corrected chi connectivity index (χ0v) is 21.0. The van der Waals surface area contributed by atoms with Crippen LogP contribution in [-0.4, -0.2) is 58.8 Å². The number of hydrogen-bond acceptors (Lipinski definition) is 5. The number of aryl methyl sites for hydroxylation is 1. The highest BCUT2D eigenvalue weighted by Crippen LogP contribution is 2.31. The molecule has 0 aliphatic carbocycles. The van der Waals surface area contributed by atoms with Gasteiger partial charge in [-0.3, -0.25) is 4.90 Å². The van der Waals surface area contributed by atoms with Gasteiger partial charge in [-0.25, -0.2) is 9.07 Å². The first kappa shape index (κ1) is 24.9. The fourth-order valence-electron chi connectivity index (χ4n) is 4.79. The van der Waals surface area contributed by atoms with Crippen molar-refractivity contribution in [3.05, 3.63) is 76.7 Å². The first-order valence-corrected chi connectivity index (χ1v) is 12.6. The SMILES string of the molecule is CCc1nn(-c2ccc(F)cc2)c(N2CCN(CC)CC2)c1CN(CC)Cc1cccc(C#N)c1. The molecule has 7 heteroatoms. The lowest BCUT2D eigenvalue weighted by molar-refractivity contribution is 0.264. The third-order valence-electron chi connectivity index (χ3n) is 6.86. The van der Waals surface area contributed by atoms with Gasteiger partial charge in [-0.2, -0.15) is 10.4 Å². The second kappa shape index (κ2) is 11.5. The third kappa shape index (κ3) is 5.72. The van der Waals surface area contributed by atoms with E-state index in [2.05, 4.69) is 47.6 Å². The number of aromatic nitrogens is 2. The van der Waals surface area contributed by atoms with Gasteiger partial charge in [-0.15, -0.1) is 0 Å². The minimum absolute atomic E-state index is 0.244. The summed E-state index contributed by atoms with van der Waals surface area (Å²) in [7, 11) is 0. The van der Waals surface area contributed by atoms with Crippen LogP contribution >= 0.6 is 0 Å². The summed E-state index contributed by atoms with van der Waals surface area (Å²) in [6.07, 6.45) is 0.826. The number of nitriles is 1. The largest absolute Gasteiger partial charge is 0.354 e. The van der Waals surface area contributed by atoms with E-state index in [0.29, 0.717) is 5.56 Å². The number of hydrogen-bond donors (Lipinski definition) is 0. The summed E-state index contributed by atoms with van der Waals surface area (Å²) in [6, 6.07) is 16.7. The zero-order valence-electron chi connectivity index (χ0n) is 21.0. The van der Waals surface area contributed by atoms with Crippen molar-refractivity contribution in [1.29, 1.82) is 5.26 Å². The minimum atomic E-state index is -0.244. The summed E-state index contributed by atoms with van der Waals surface area (Å²) < 4.78 is 15.7. The Morgan fingerprint density at radius 2 is 1.74 bits per heavy atom. The molecular weight excluding hydrogens is 439 g/mol. The molecule has 0 saturated carbocycles. The van der Waals surface area contributed by atoms with E-state index >= 15 is 0 Å². The first-order valence-electron chi connectivity index (χ1n) is 12.6. The molecule has 2 heterocycles. The molecule has 0 bridgehead atoms. The van der Waals surface area contributed by atoms with Crippen LogP contribution < -0.4 is 4.90 Å². The summed E-state index contributed by atoms with van der Waals surface area (Å²) in [5, 5.41) is 14.3. The molecule has 1 fully saturated rings. The fourth-order valence-corrected chi connectivity index (χ4v) is 4.79. The standard InChI is InChI=1S/C28H35FN6/c1-4-27-26(21-33(6-3)20-23-9-7-8-22(18-23)19-30)28(34-16-14-32(5-2)15-17-34)35(31-27)25-12-10-24(29)11-13-25/h7-13,18H,4-6,14-17,20-21H2,1-3H3. The van der Waals surface area contributed by atoms with E-state index < -0.39 is 0 Å². The van der Waals surface area contributed by atoms with Gasteiger partial charge in [0.2, 0.25) is 0 Å². The Bertz CT molecular complexity index is 1160. The van der Waals surface area contributed by atoms with Crippen LogP contribution in [0.1, 0.15) is 43.2 Å². The number of benzene rings is 2. The summed E-state index contributed by atoms with van der Waals surface area (Å²) >= 11 is 0. The van der Waals surface area contributed by atoms with Gasteiger partial charge in [0, 0.05) is 44.8 Å². The molecule has 184 valence electrons. The molecule has 0 N–H and O–H groups in total. The van der Waals surface area contributed by atoms with E-state index in [1.165, 1.54) is 17.7 Å². The quantitative estimate of drug-likeness (QED) is 0.453. The highest BCUT2D eigenvalue weighted by Gasteiger charge is 2.27. The normalized spacial score (nSPS) is 14.5. The second-order valence-corrected chi connectivity index (χ2v) is 9.03. The highest BCUT2D eigenvalue weighted by molar-refractivity contribution is 5.56. The summed E-state index contributed by atoms with van der Waals surface area (Å²) in [5.41, 5.74) is 5.01. The number of nitrogens with zero attached hydrogens (tertiary/aromatic N) is 6. The molecule has 1 aliphatic rings. The molecule has 0 amide bonds. The number of halogens is 1. The molecular formula is C28H35FN6. The van der Waals surface area contributed by atoms with Gasteiger partial charge in [-0.1, -0.05) is 32.9 Å². The number of anilines is 1. The van der Waals surface area contributed by atoms with Crippen molar-refractivity contribution in [3.8, 4) is 11.8 Å². The van der Waals surface area contributed by atoms with E-state index in [1.54, 1.807) is 0 Å². The molecule has 6 nitrogen and oxygen atoms in total. The molecule has 1 aromatic heterocycles. The van der Waals surface area contributed by atoms with Crippen molar-refractivity contribution < 1.29 is 4.39 Å². The maximum absolute atomic E-state index is 13.7. The average Bonchev–Trinajstić information content (AvgIpc) is 3.26. The van der Waals surface area contributed by atoms with Gasteiger partial charge in [0.25, 0.3) is 0 Å². The zero-order chi connectivity index (χ0) is 24.8. The van der Waals surface area contributed by atoms with E-state index in [9.17, 15) is 9.65 Å². The van der Waals surface area contributed by atoms with Crippen LogP contribution in [0.15, 0.2) is 48.5 Å². The van der Waals surface area contributed by atoms with Crippen LogP contribution in [-0.2, 0) is 19.5 Å². The van der Waals surface area contributed by atoms with Crippen LogP contribution in [0.5, 0.6) is 0 Å². The van der Waals surface area contributed by atoms with Gasteiger partial charge in [-0.05, 0) is 61.5 Å². The van der Waals surface area contributed by atoms with Crippen molar-refractivity contribution in [2.24, 2.45) is 0 Å². The molecule has 1 saturated heterocycles. The Kier molecular flexibility index (Phi) is 8.17. The van der Waals surface area contributed by atoms with Crippen molar-refractivity contribution in [2.75, 3.05) is 44.2 Å². The van der Waals surface area contributed by atoms with E-state index in [1.807, 2.05) is 35.0 Å². The topological polar surface area (TPSA) is 51.3 Å². The number of piperazine rings is 1. The average molecular weight is 475 g/mol. The van der Waals surface area contributed by atoms with Crippen LogP contribution in [0.25, 0.3) is 5.69 Å². The maximum atomic E-state index is 13.7. The lowest BCUT2D eigenvalue weighted by atomic mass is 10.1. The minimum Gasteiger partial charge on any atom is -0.354 e. The Labute approximate surface area is 208 Å². The predicted molar refractivity (Wildman–Crippen MR) is 138 cm³/mol. The lowest BCUT2D eigenvalue weighted by Crippen LogP contribution is -2.47. The Balaban J connectivity index is 1.71. The van der Waals surface area contributed by atoms with Crippen LogP contribution in [0, 0.1) is 17.1 Å². The van der Waals surface area contributed by atoms with Gasteiger partial charge >= 0.3 is 0 Å². The number of likely N-dealkylation sites (N-methyl/N-ethyl adjacent to an activating group) is 1. The van der Waals surface area contributed by atoms with Gasteiger partial charge < -0.3 is 9.80 Å². The van der Waals surface area contributed by atoms with E-state index in [4.69, 9.17) is 5.10 Å². The predicted octanol–water partition coefficient (Wildman–Crippen LogP) is 4.61. The Morgan fingerprint density at radius 1 is 1.00 bits per heavy atom. The van der Waals surface area contributed by atoms with Crippen molar-refractivity contribution in [2.45, 2.75) is 40.3 Å². The Morgan fingerprint density at radius 3 is 2.37 bits per heavy atom. The molecule has 0 spiro atoms. The molecule has 2 aromatic carbocycles. The fraction of sp³-hybridized carbons (Fsp3) is 0.429. The summed E-state index contributed by atoms with van der Waals surface area (Å²) in [4.78, 5) is 7.31. The summed E-state index contributed by atoms with van der Waals surface area (Å²) in [6.45, 7) is 13.9. The van der Waals surface area contributed by atoms with Gasteiger partial charge in [0.15, 0.2) is 0 Å². The molecule has 3 aromatic rings. The van der Waals surface area contributed by atoms with Gasteiger partial charge in [0.1, 0.15) is 11.6 Å². The van der Waals surface area contributed by atoms with E-state index in [0.717, 1.165) is 81.5 Å². The summed E-state index contributed by atoms with van der Waals surface area (Å²) in [5.74, 6) is 0.875. The Hall–Kier alpha value is -3.21. The lowest BCUT2D eigenvalue weighted by Gasteiger charge is -2.36.